The molecule has 6 atom stereocenters. The molecule has 0 saturated carbocycles. The van der Waals surface area contributed by atoms with Crippen molar-refractivity contribution in [2.75, 3.05) is 9.80 Å². The van der Waals surface area contributed by atoms with E-state index in [2.05, 4.69) is 0 Å². The van der Waals surface area contributed by atoms with E-state index in [0.717, 1.165) is 11.1 Å². The molecule has 42 heavy (non-hydrogen) atoms. The summed E-state index contributed by atoms with van der Waals surface area (Å²) in [6.45, 7) is 3.79. The Morgan fingerprint density at radius 3 is 1.31 bits per heavy atom. The van der Waals surface area contributed by atoms with Gasteiger partial charge in [-0.25, -0.2) is 19.8 Å². The van der Waals surface area contributed by atoms with Crippen LogP contribution in [0.4, 0.5) is 11.4 Å². The number of aryl methyl sites for hydroxylation is 2. The number of hydrogen-bond acceptors (Lipinski definition) is 8. The molecule has 4 amide bonds. The monoisotopic (exact) mass is 562 g/mol. The van der Waals surface area contributed by atoms with Crippen LogP contribution in [-0.2, 0) is 19.2 Å². The Kier molecular flexibility index (Phi) is 5.26. The standard InChI is InChI=1S/C32H26N4O6/c1-17-7-3-9-19(15-17)33-29(37)23-25(21-11-5-13-41-21)36-28-24(26(22-12-6-14-42-22)35(36)27(23)31(33)39)30(38)34(32(28)40)20-10-4-8-18(2)16-20/h3-16,23-28H,1-2H3. The highest BCUT2D eigenvalue weighted by atomic mass is 16.3. The first-order chi connectivity index (χ1) is 20.4. The molecule has 4 fully saturated rings. The largest absolute Gasteiger partial charge is 0.468 e. The lowest BCUT2D eigenvalue weighted by molar-refractivity contribution is -0.136. The van der Waals surface area contributed by atoms with Gasteiger partial charge >= 0.3 is 0 Å². The van der Waals surface area contributed by atoms with Gasteiger partial charge in [-0.3, -0.25) is 19.2 Å². The van der Waals surface area contributed by atoms with E-state index in [4.69, 9.17) is 8.83 Å². The summed E-state index contributed by atoms with van der Waals surface area (Å²) in [4.78, 5) is 59.5. The SMILES string of the molecule is Cc1cccc(N2C(=O)C3C(C2=O)N2C(c4ccco4)C4C(=O)N(c5cccc(C)c5)C(=O)C4N2C3c2ccco2)c1. The van der Waals surface area contributed by atoms with Crippen molar-refractivity contribution >= 4 is 35.0 Å². The lowest BCUT2D eigenvalue weighted by atomic mass is 9.87. The number of hydrogen-bond donors (Lipinski definition) is 0. The first-order valence-electron chi connectivity index (χ1n) is 13.9. The van der Waals surface area contributed by atoms with Gasteiger partial charge in [-0.2, -0.15) is 0 Å². The second-order valence-electron chi connectivity index (χ2n) is 11.3. The van der Waals surface area contributed by atoms with E-state index in [-0.39, 0.29) is 11.8 Å². The molecule has 0 N–H and O–H groups in total. The molecular weight excluding hydrogens is 536 g/mol. The number of furan rings is 2. The van der Waals surface area contributed by atoms with Crippen LogP contribution in [0.2, 0.25) is 0 Å². The predicted octanol–water partition coefficient (Wildman–Crippen LogP) is 3.93. The molecule has 4 aliphatic heterocycles. The lowest BCUT2D eigenvalue weighted by Crippen LogP contribution is -2.50. The summed E-state index contributed by atoms with van der Waals surface area (Å²) in [7, 11) is 0. The van der Waals surface area contributed by atoms with Crippen LogP contribution in [0.25, 0.3) is 0 Å². The maximum Gasteiger partial charge on any atom is 0.253 e. The third-order valence-electron chi connectivity index (χ3n) is 8.91. The van der Waals surface area contributed by atoms with Crippen LogP contribution in [0.1, 0.15) is 34.7 Å². The Hall–Kier alpha value is -4.80. The van der Waals surface area contributed by atoms with Gasteiger partial charge in [0.25, 0.3) is 11.8 Å². The van der Waals surface area contributed by atoms with Gasteiger partial charge in [0, 0.05) is 0 Å². The number of fused-ring (bicyclic) bond motifs is 5. The number of amides is 4. The van der Waals surface area contributed by atoms with Gasteiger partial charge in [-0.05, 0) is 73.5 Å². The van der Waals surface area contributed by atoms with Crippen molar-refractivity contribution in [2.45, 2.75) is 38.0 Å². The van der Waals surface area contributed by atoms with E-state index in [1.807, 2.05) is 26.0 Å². The first kappa shape index (κ1) is 25.0. The molecule has 4 saturated heterocycles. The number of benzene rings is 2. The van der Waals surface area contributed by atoms with Crippen molar-refractivity contribution in [3.63, 3.8) is 0 Å². The number of imide groups is 2. The molecule has 4 aromatic rings. The van der Waals surface area contributed by atoms with Gasteiger partial charge in [0.15, 0.2) is 0 Å². The van der Waals surface area contributed by atoms with Crippen LogP contribution in [0.15, 0.2) is 94.2 Å². The highest BCUT2D eigenvalue weighted by molar-refractivity contribution is 6.26. The van der Waals surface area contributed by atoms with Crippen LogP contribution < -0.4 is 9.80 Å². The fraction of sp³-hybridized carbons (Fsp3) is 0.250. The smallest absolute Gasteiger partial charge is 0.253 e. The average Bonchev–Trinajstić information content (AvgIpc) is 3.79. The van der Waals surface area contributed by atoms with Gasteiger partial charge in [0.2, 0.25) is 11.8 Å². The zero-order valence-corrected chi connectivity index (χ0v) is 22.8. The van der Waals surface area contributed by atoms with Crippen LogP contribution in [0, 0.1) is 25.7 Å². The van der Waals surface area contributed by atoms with Crippen LogP contribution >= 0.6 is 0 Å². The minimum Gasteiger partial charge on any atom is -0.468 e. The molecule has 0 bridgehead atoms. The van der Waals surface area contributed by atoms with E-state index >= 15 is 0 Å². The Labute approximate surface area is 240 Å². The fourth-order valence-electron chi connectivity index (χ4n) is 7.35. The van der Waals surface area contributed by atoms with Crippen molar-refractivity contribution in [3.05, 3.63) is 108 Å². The molecule has 10 heteroatoms. The Morgan fingerprint density at radius 1 is 0.524 bits per heavy atom. The van der Waals surface area contributed by atoms with Gasteiger partial charge in [0.05, 0.1) is 47.8 Å². The summed E-state index contributed by atoms with van der Waals surface area (Å²) in [6, 6.07) is 17.9. The van der Waals surface area contributed by atoms with Crippen LogP contribution in [-0.4, -0.2) is 45.7 Å². The van der Waals surface area contributed by atoms with Crippen molar-refractivity contribution in [1.29, 1.82) is 0 Å². The molecule has 8 rings (SSSR count). The van der Waals surface area contributed by atoms with Crippen molar-refractivity contribution in [1.82, 2.24) is 10.0 Å². The van der Waals surface area contributed by atoms with Crippen LogP contribution in [0.3, 0.4) is 0 Å². The molecule has 0 spiro atoms. The van der Waals surface area contributed by atoms with E-state index in [1.54, 1.807) is 70.7 Å². The third kappa shape index (κ3) is 3.21. The van der Waals surface area contributed by atoms with Crippen molar-refractivity contribution in [2.24, 2.45) is 11.8 Å². The molecule has 2 aromatic carbocycles. The summed E-state index contributed by atoms with van der Waals surface area (Å²) in [5, 5.41) is 3.51. The van der Waals surface area contributed by atoms with E-state index in [9.17, 15) is 19.2 Å². The zero-order chi connectivity index (χ0) is 28.9. The average molecular weight is 563 g/mol. The van der Waals surface area contributed by atoms with Gasteiger partial charge in [-0.15, -0.1) is 0 Å². The predicted molar refractivity (Wildman–Crippen MR) is 148 cm³/mol. The number of nitrogens with zero attached hydrogens (tertiary/aromatic N) is 4. The van der Waals surface area contributed by atoms with E-state index < -0.39 is 47.8 Å². The molecule has 0 radical (unpaired) electrons. The maximum atomic E-state index is 14.3. The molecule has 4 aliphatic rings. The number of carbonyl (C=O) groups is 4. The van der Waals surface area contributed by atoms with E-state index in [0.29, 0.717) is 22.9 Å². The molecule has 6 heterocycles. The maximum absolute atomic E-state index is 14.3. The highest BCUT2D eigenvalue weighted by Gasteiger charge is 2.74. The number of carbonyl (C=O) groups excluding carboxylic acids is 4. The normalized spacial score (nSPS) is 29.1. The molecule has 6 unspecified atom stereocenters. The molecule has 0 aliphatic carbocycles. The Bertz CT molecular complexity index is 1640. The molecule has 2 aromatic heterocycles. The van der Waals surface area contributed by atoms with Gasteiger partial charge < -0.3 is 8.83 Å². The minimum absolute atomic E-state index is 0.381. The van der Waals surface area contributed by atoms with Crippen molar-refractivity contribution < 1.29 is 28.0 Å². The van der Waals surface area contributed by atoms with E-state index in [1.165, 1.54) is 22.3 Å². The molecule has 10 nitrogen and oxygen atoms in total. The highest BCUT2D eigenvalue weighted by Crippen LogP contribution is 2.59. The molecular formula is C32H26N4O6. The topological polar surface area (TPSA) is 108 Å². The Morgan fingerprint density at radius 2 is 0.952 bits per heavy atom. The molecule has 210 valence electrons. The number of rotatable bonds is 4. The van der Waals surface area contributed by atoms with Crippen LogP contribution in [0.5, 0.6) is 0 Å². The number of hydrazine groups is 1. The minimum atomic E-state index is -0.971. The van der Waals surface area contributed by atoms with Crippen molar-refractivity contribution in [3.8, 4) is 0 Å². The third-order valence-corrected chi connectivity index (χ3v) is 8.91. The summed E-state index contributed by atoms with van der Waals surface area (Å²) < 4.78 is 11.7. The second-order valence-corrected chi connectivity index (χ2v) is 11.3. The zero-order valence-electron chi connectivity index (χ0n) is 22.8. The van der Waals surface area contributed by atoms with Gasteiger partial charge in [0.1, 0.15) is 23.6 Å². The Balaban J connectivity index is 1.31. The number of anilines is 2. The second kappa shape index (κ2) is 8.85. The fourth-order valence-corrected chi connectivity index (χ4v) is 7.35. The summed E-state index contributed by atoms with van der Waals surface area (Å²) in [5.41, 5.74) is 2.78. The van der Waals surface area contributed by atoms with Gasteiger partial charge in [-0.1, -0.05) is 24.3 Å². The lowest BCUT2D eigenvalue weighted by Gasteiger charge is -2.34. The summed E-state index contributed by atoms with van der Waals surface area (Å²) in [5.74, 6) is -2.47. The summed E-state index contributed by atoms with van der Waals surface area (Å²) >= 11 is 0. The first-order valence-corrected chi connectivity index (χ1v) is 13.9. The summed E-state index contributed by atoms with van der Waals surface area (Å²) in [6.07, 6.45) is 3.01. The quantitative estimate of drug-likeness (QED) is 0.345.